The quantitative estimate of drug-likeness (QED) is 0.472. The molecule has 0 unspecified atom stereocenters. The number of carbonyl (C=O) groups is 1. The van der Waals surface area contributed by atoms with Gasteiger partial charge in [-0.25, -0.2) is 4.98 Å². The third-order valence-electron chi connectivity index (χ3n) is 2.78. The van der Waals surface area contributed by atoms with Crippen LogP contribution >= 0.6 is 34.3 Å². The smallest absolute Gasteiger partial charge is 0.195 e. The summed E-state index contributed by atoms with van der Waals surface area (Å²) >= 11 is 8.62. The zero-order valence-corrected chi connectivity index (χ0v) is 13.2. The predicted octanol–water partition coefficient (Wildman–Crippen LogP) is 5.42. The van der Waals surface area contributed by atoms with Gasteiger partial charge in [0.25, 0.3) is 0 Å². The van der Waals surface area contributed by atoms with Gasteiger partial charge < -0.3 is 0 Å². The minimum atomic E-state index is -0.0524. The number of ketones is 1. The van der Waals surface area contributed by atoms with E-state index in [1.54, 1.807) is 18.2 Å². The van der Waals surface area contributed by atoms with Crippen molar-refractivity contribution >= 4 is 46.1 Å². The van der Waals surface area contributed by atoms with Crippen molar-refractivity contribution in [2.24, 2.45) is 0 Å². The molecule has 0 radical (unpaired) electrons. The number of nitrogens with zero attached hydrogens (tertiary/aromatic N) is 1. The van der Waals surface area contributed by atoms with Gasteiger partial charge in [-0.05, 0) is 24.3 Å². The lowest BCUT2D eigenvalue weighted by Crippen LogP contribution is -1.88. The Kier molecular flexibility index (Phi) is 4.29. The Bertz CT molecular complexity index is 789. The predicted molar refractivity (Wildman–Crippen MR) is 90.2 cm³/mol. The number of halogens is 1. The lowest BCUT2D eigenvalue weighted by Gasteiger charge is -1.93. The highest BCUT2D eigenvalue weighted by molar-refractivity contribution is 7.18. The van der Waals surface area contributed by atoms with Crippen molar-refractivity contribution in [2.75, 3.05) is 0 Å². The summed E-state index contributed by atoms with van der Waals surface area (Å²) in [6.45, 7) is 0. The van der Waals surface area contributed by atoms with Crippen molar-refractivity contribution < 1.29 is 4.79 Å². The summed E-state index contributed by atoms with van der Waals surface area (Å²) in [5, 5.41) is 2.80. The van der Waals surface area contributed by atoms with Crippen molar-refractivity contribution in [3.8, 4) is 11.3 Å². The minimum Gasteiger partial charge on any atom is -0.288 e. The van der Waals surface area contributed by atoms with Crippen LogP contribution in [0.4, 0.5) is 0 Å². The average molecular weight is 332 g/mol. The first-order valence-corrected chi connectivity index (χ1v) is 8.28. The number of hydrogen-bond acceptors (Lipinski definition) is 4. The Morgan fingerprint density at radius 1 is 1.14 bits per heavy atom. The molecule has 0 N–H and O–H groups in total. The molecule has 0 spiro atoms. The normalized spacial score (nSPS) is 11.1. The van der Waals surface area contributed by atoms with Gasteiger partial charge in [-0.1, -0.05) is 41.9 Å². The summed E-state index contributed by atoms with van der Waals surface area (Å²) in [5.74, 6) is -0.0524. The van der Waals surface area contributed by atoms with E-state index in [4.69, 9.17) is 11.6 Å². The third-order valence-corrected chi connectivity index (χ3v) is 4.84. The van der Waals surface area contributed by atoms with Crippen LogP contribution in [0.3, 0.4) is 0 Å². The molecule has 3 aromatic rings. The van der Waals surface area contributed by atoms with Crippen LogP contribution in [-0.4, -0.2) is 10.8 Å². The van der Waals surface area contributed by atoms with Crippen LogP contribution in [0.15, 0.2) is 53.9 Å². The molecule has 0 amide bonds. The molecular formula is C16H10ClNOS2. The van der Waals surface area contributed by atoms with Crippen LogP contribution in [0.1, 0.15) is 14.7 Å². The molecule has 5 heteroatoms. The standard InChI is InChI=1S/C16H10ClNOS2/c17-15-8-7-14(21-15)13(19)6-9-16-18-12(10-20-16)11-4-2-1-3-5-11/h1-10H. The van der Waals surface area contributed by atoms with Gasteiger partial charge in [-0.2, -0.15) is 0 Å². The summed E-state index contributed by atoms with van der Waals surface area (Å²) < 4.78 is 0.618. The molecule has 0 aliphatic heterocycles. The lowest BCUT2D eigenvalue weighted by molar-refractivity contribution is 0.105. The molecular weight excluding hydrogens is 322 g/mol. The van der Waals surface area contributed by atoms with Crippen LogP contribution < -0.4 is 0 Å². The van der Waals surface area contributed by atoms with Gasteiger partial charge in [0.15, 0.2) is 5.78 Å². The molecule has 0 atom stereocenters. The fourth-order valence-corrected chi connectivity index (χ4v) is 3.46. The first kappa shape index (κ1) is 14.2. The first-order valence-electron chi connectivity index (χ1n) is 6.21. The average Bonchev–Trinajstić information content (AvgIpc) is 3.15. The van der Waals surface area contributed by atoms with Crippen molar-refractivity contribution in [2.45, 2.75) is 0 Å². The summed E-state index contributed by atoms with van der Waals surface area (Å²) in [7, 11) is 0. The minimum absolute atomic E-state index is 0.0524. The Morgan fingerprint density at radius 3 is 2.67 bits per heavy atom. The van der Waals surface area contributed by atoms with Crippen molar-refractivity contribution in [3.63, 3.8) is 0 Å². The Balaban J connectivity index is 1.75. The molecule has 2 nitrogen and oxygen atoms in total. The number of rotatable bonds is 4. The summed E-state index contributed by atoms with van der Waals surface area (Å²) in [6.07, 6.45) is 3.28. The fraction of sp³-hybridized carbons (Fsp3) is 0. The maximum atomic E-state index is 11.9. The highest BCUT2D eigenvalue weighted by atomic mass is 35.5. The number of benzene rings is 1. The maximum absolute atomic E-state index is 11.9. The molecule has 0 saturated carbocycles. The van der Waals surface area contributed by atoms with Gasteiger partial charge in [0.05, 0.1) is 14.9 Å². The van der Waals surface area contributed by atoms with Crippen molar-refractivity contribution in [1.29, 1.82) is 0 Å². The molecule has 0 bridgehead atoms. The van der Waals surface area contributed by atoms with Gasteiger partial charge >= 0.3 is 0 Å². The van der Waals surface area contributed by atoms with Gasteiger partial charge in [-0.15, -0.1) is 22.7 Å². The third kappa shape index (κ3) is 3.47. The largest absolute Gasteiger partial charge is 0.288 e. The van der Waals surface area contributed by atoms with Crippen LogP contribution in [0.5, 0.6) is 0 Å². The Labute approximate surface area is 135 Å². The van der Waals surface area contributed by atoms with Crippen LogP contribution in [0.2, 0.25) is 4.34 Å². The molecule has 104 valence electrons. The Morgan fingerprint density at radius 2 is 1.95 bits per heavy atom. The van der Waals surface area contributed by atoms with E-state index in [9.17, 15) is 4.79 Å². The fourth-order valence-electron chi connectivity index (χ4n) is 1.78. The molecule has 0 aliphatic rings. The second-order valence-corrected chi connectivity index (χ2v) is 6.84. The zero-order valence-electron chi connectivity index (χ0n) is 10.8. The number of hydrogen-bond donors (Lipinski definition) is 0. The highest BCUT2D eigenvalue weighted by Crippen LogP contribution is 2.24. The molecule has 2 aromatic heterocycles. The second-order valence-electron chi connectivity index (χ2n) is 4.24. The van der Waals surface area contributed by atoms with E-state index in [0.29, 0.717) is 9.21 Å². The number of carbonyl (C=O) groups excluding carboxylic acids is 1. The molecule has 0 fully saturated rings. The summed E-state index contributed by atoms with van der Waals surface area (Å²) in [6, 6.07) is 13.4. The van der Waals surface area contributed by atoms with Crippen LogP contribution in [0, 0.1) is 0 Å². The number of allylic oxidation sites excluding steroid dienone is 1. The summed E-state index contributed by atoms with van der Waals surface area (Å²) in [4.78, 5) is 17.1. The van der Waals surface area contributed by atoms with Gasteiger partial charge in [-0.3, -0.25) is 4.79 Å². The Hall–Kier alpha value is -1.75. The zero-order chi connectivity index (χ0) is 14.7. The van der Waals surface area contributed by atoms with E-state index in [2.05, 4.69) is 4.98 Å². The number of aromatic nitrogens is 1. The SMILES string of the molecule is O=C(C=Cc1nc(-c2ccccc2)cs1)c1ccc(Cl)s1. The molecule has 0 aliphatic carbocycles. The maximum Gasteiger partial charge on any atom is 0.195 e. The van der Waals surface area contributed by atoms with E-state index >= 15 is 0 Å². The van der Waals surface area contributed by atoms with E-state index in [1.807, 2.05) is 35.7 Å². The lowest BCUT2D eigenvalue weighted by atomic mass is 10.2. The van der Waals surface area contributed by atoms with E-state index in [-0.39, 0.29) is 5.78 Å². The highest BCUT2D eigenvalue weighted by Gasteiger charge is 2.06. The van der Waals surface area contributed by atoms with Crippen LogP contribution in [0.25, 0.3) is 17.3 Å². The van der Waals surface area contributed by atoms with E-state index in [0.717, 1.165) is 16.3 Å². The number of thiophene rings is 1. The molecule has 1 aromatic carbocycles. The van der Waals surface area contributed by atoms with Gasteiger partial charge in [0, 0.05) is 10.9 Å². The molecule has 21 heavy (non-hydrogen) atoms. The topological polar surface area (TPSA) is 30.0 Å². The molecule has 0 saturated heterocycles. The van der Waals surface area contributed by atoms with Crippen molar-refractivity contribution in [3.05, 3.63) is 68.1 Å². The van der Waals surface area contributed by atoms with Crippen LogP contribution in [-0.2, 0) is 0 Å². The summed E-state index contributed by atoms with van der Waals surface area (Å²) in [5.41, 5.74) is 2.00. The second kappa shape index (κ2) is 6.35. The first-order chi connectivity index (χ1) is 10.2. The number of thiazole rings is 1. The van der Waals surface area contributed by atoms with E-state index < -0.39 is 0 Å². The monoisotopic (exact) mass is 331 g/mol. The van der Waals surface area contributed by atoms with Gasteiger partial charge in [0.1, 0.15) is 5.01 Å². The molecule has 3 rings (SSSR count). The van der Waals surface area contributed by atoms with E-state index in [1.165, 1.54) is 28.7 Å². The van der Waals surface area contributed by atoms with Gasteiger partial charge in [0.2, 0.25) is 0 Å². The van der Waals surface area contributed by atoms with Crippen molar-refractivity contribution in [1.82, 2.24) is 4.98 Å². The molecule has 2 heterocycles.